The molecule has 120 valence electrons. The molecule has 0 aliphatic carbocycles. The van der Waals surface area contributed by atoms with Crippen LogP contribution in [0, 0.1) is 6.92 Å². The minimum atomic E-state index is 0.217. The fourth-order valence-electron chi connectivity index (χ4n) is 2.17. The molecule has 0 amide bonds. The van der Waals surface area contributed by atoms with E-state index in [4.69, 9.17) is 5.73 Å². The minimum Gasteiger partial charge on any atom is -0.368 e. The summed E-state index contributed by atoms with van der Waals surface area (Å²) in [7, 11) is 0. The van der Waals surface area contributed by atoms with Gasteiger partial charge in [0.05, 0.1) is 5.69 Å². The molecule has 5 nitrogen and oxygen atoms in total. The van der Waals surface area contributed by atoms with Crippen molar-refractivity contribution in [3.05, 3.63) is 63.2 Å². The fraction of sp³-hybridized carbons (Fsp3) is 0.0588. The summed E-state index contributed by atoms with van der Waals surface area (Å²) in [5.41, 5.74) is 9.37. The lowest BCUT2D eigenvalue weighted by Gasteiger charge is -2.08. The van der Waals surface area contributed by atoms with Crippen molar-refractivity contribution >= 4 is 49.2 Å². The number of nitrogens with two attached hydrogens (primary N) is 1. The number of halogens is 2. The fourth-order valence-corrected chi connectivity index (χ4v) is 2.85. The number of anilines is 1. The van der Waals surface area contributed by atoms with Crippen LogP contribution in [0.1, 0.15) is 5.69 Å². The maximum atomic E-state index is 5.81. The van der Waals surface area contributed by atoms with Crippen LogP contribution in [0.25, 0.3) is 11.3 Å². The zero-order chi connectivity index (χ0) is 17.1. The van der Waals surface area contributed by atoms with Gasteiger partial charge in [0.25, 0.3) is 0 Å². The molecule has 0 saturated carbocycles. The standard InChI is InChI=1S/C17H13Br2N5/c1-10-15(24-23-14-9-12(18)7-8-13(14)19)16(22-17(20)21-10)11-5-3-2-4-6-11/h2-9H,1H3,(H2,20,21,22). The summed E-state index contributed by atoms with van der Waals surface area (Å²) in [6.07, 6.45) is 0. The number of nitrogen functional groups attached to an aromatic ring is 1. The quantitative estimate of drug-likeness (QED) is 0.503. The highest BCUT2D eigenvalue weighted by atomic mass is 79.9. The third-order valence-electron chi connectivity index (χ3n) is 3.29. The Bertz CT molecular complexity index is 910. The Labute approximate surface area is 156 Å². The van der Waals surface area contributed by atoms with Gasteiger partial charge < -0.3 is 5.73 Å². The van der Waals surface area contributed by atoms with Crippen molar-refractivity contribution in [2.75, 3.05) is 5.73 Å². The average molecular weight is 447 g/mol. The lowest BCUT2D eigenvalue weighted by molar-refractivity contribution is 1.08. The molecule has 0 bridgehead atoms. The van der Waals surface area contributed by atoms with Gasteiger partial charge in [-0.15, -0.1) is 10.2 Å². The topological polar surface area (TPSA) is 76.5 Å². The van der Waals surface area contributed by atoms with Crippen molar-refractivity contribution in [2.45, 2.75) is 6.92 Å². The van der Waals surface area contributed by atoms with E-state index in [-0.39, 0.29) is 5.95 Å². The second-order valence-corrected chi connectivity index (χ2v) is 6.80. The van der Waals surface area contributed by atoms with Crippen LogP contribution in [-0.4, -0.2) is 9.97 Å². The highest BCUT2D eigenvalue weighted by Crippen LogP contribution is 2.34. The maximum Gasteiger partial charge on any atom is 0.220 e. The molecule has 7 heteroatoms. The molecule has 0 aliphatic heterocycles. The molecule has 2 N–H and O–H groups in total. The smallest absolute Gasteiger partial charge is 0.220 e. The molecule has 0 radical (unpaired) electrons. The predicted octanol–water partition coefficient (Wildman–Crippen LogP) is 5.97. The van der Waals surface area contributed by atoms with E-state index < -0.39 is 0 Å². The molecule has 0 atom stereocenters. The lowest BCUT2D eigenvalue weighted by Crippen LogP contribution is -1.99. The maximum absolute atomic E-state index is 5.81. The molecule has 1 heterocycles. The van der Waals surface area contributed by atoms with Crippen molar-refractivity contribution in [3.8, 4) is 11.3 Å². The average Bonchev–Trinajstić information content (AvgIpc) is 2.57. The Morgan fingerprint density at radius 3 is 2.46 bits per heavy atom. The van der Waals surface area contributed by atoms with Crippen molar-refractivity contribution in [2.24, 2.45) is 10.2 Å². The largest absolute Gasteiger partial charge is 0.368 e. The van der Waals surface area contributed by atoms with Crippen LogP contribution >= 0.6 is 31.9 Å². The van der Waals surface area contributed by atoms with Crippen LogP contribution in [0.15, 0.2) is 67.7 Å². The van der Waals surface area contributed by atoms with Crippen LogP contribution < -0.4 is 5.73 Å². The first kappa shape index (κ1) is 16.7. The van der Waals surface area contributed by atoms with Crippen LogP contribution in [0.3, 0.4) is 0 Å². The zero-order valence-electron chi connectivity index (χ0n) is 12.7. The van der Waals surface area contributed by atoms with Crippen molar-refractivity contribution in [1.29, 1.82) is 0 Å². The molecule has 0 unspecified atom stereocenters. The summed E-state index contributed by atoms with van der Waals surface area (Å²) in [5.74, 6) is 0.217. The molecule has 1 aromatic heterocycles. The first-order chi connectivity index (χ1) is 11.5. The van der Waals surface area contributed by atoms with Crippen molar-refractivity contribution in [3.63, 3.8) is 0 Å². The number of nitrogens with zero attached hydrogens (tertiary/aromatic N) is 4. The summed E-state index contributed by atoms with van der Waals surface area (Å²) < 4.78 is 1.78. The Morgan fingerprint density at radius 1 is 0.958 bits per heavy atom. The Hall–Kier alpha value is -2.12. The number of benzene rings is 2. The number of hydrogen-bond acceptors (Lipinski definition) is 5. The van der Waals surface area contributed by atoms with E-state index in [0.29, 0.717) is 22.8 Å². The molecule has 0 aliphatic rings. The third kappa shape index (κ3) is 3.68. The van der Waals surface area contributed by atoms with Gasteiger partial charge in [-0.1, -0.05) is 46.3 Å². The zero-order valence-corrected chi connectivity index (χ0v) is 15.9. The second kappa shape index (κ2) is 7.19. The van der Waals surface area contributed by atoms with Crippen molar-refractivity contribution in [1.82, 2.24) is 9.97 Å². The van der Waals surface area contributed by atoms with Crippen molar-refractivity contribution < 1.29 is 0 Å². The highest BCUT2D eigenvalue weighted by molar-refractivity contribution is 9.11. The van der Waals surface area contributed by atoms with Gasteiger partial charge >= 0.3 is 0 Å². The number of azo groups is 1. The summed E-state index contributed by atoms with van der Waals surface area (Å²) in [6.45, 7) is 1.84. The third-order valence-corrected chi connectivity index (χ3v) is 4.45. The van der Waals surface area contributed by atoms with Gasteiger partial charge in [0.1, 0.15) is 17.1 Å². The first-order valence-electron chi connectivity index (χ1n) is 7.11. The van der Waals surface area contributed by atoms with E-state index in [1.54, 1.807) is 0 Å². The SMILES string of the molecule is Cc1nc(N)nc(-c2ccccc2)c1N=Nc1cc(Br)ccc1Br. The molecule has 3 aromatic rings. The Kier molecular flexibility index (Phi) is 5.01. The van der Waals surface area contributed by atoms with E-state index in [2.05, 4.69) is 52.1 Å². The van der Waals surface area contributed by atoms with E-state index in [9.17, 15) is 0 Å². The van der Waals surface area contributed by atoms with Gasteiger partial charge in [-0.05, 0) is 41.1 Å². The predicted molar refractivity (Wildman–Crippen MR) is 103 cm³/mol. The van der Waals surface area contributed by atoms with E-state index in [1.807, 2.05) is 55.5 Å². The normalized spacial score (nSPS) is 11.1. The molecule has 0 spiro atoms. The highest BCUT2D eigenvalue weighted by Gasteiger charge is 2.12. The molecule has 3 rings (SSSR count). The second-order valence-electron chi connectivity index (χ2n) is 5.03. The Morgan fingerprint density at radius 2 is 1.71 bits per heavy atom. The van der Waals surface area contributed by atoms with Crippen LogP contribution in [0.2, 0.25) is 0 Å². The first-order valence-corrected chi connectivity index (χ1v) is 8.69. The lowest BCUT2D eigenvalue weighted by atomic mass is 10.1. The van der Waals surface area contributed by atoms with Crippen LogP contribution in [0.5, 0.6) is 0 Å². The number of aromatic nitrogens is 2. The number of aryl methyl sites for hydroxylation is 1. The summed E-state index contributed by atoms with van der Waals surface area (Å²) in [6, 6.07) is 15.4. The van der Waals surface area contributed by atoms with E-state index >= 15 is 0 Å². The molecular formula is C17H13Br2N5. The summed E-state index contributed by atoms with van der Waals surface area (Å²) in [5, 5.41) is 8.73. The van der Waals surface area contributed by atoms with Gasteiger partial charge in [-0.25, -0.2) is 9.97 Å². The molecule has 2 aromatic carbocycles. The Balaban J connectivity index is 2.11. The molecule has 24 heavy (non-hydrogen) atoms. The summed E-state index contributed by atoms with van der Waals surface area (Å²) in [4.78, 5) is 8.55. The van der Waals surface area contributed by atoms with Crippen LogP contribution in [0.4, 0.5) is 17.3 Å². The van der Waals surface area contributed by atoms with Gasteiger partial charge in [0, 0.05) is 14.5 Å². The van der Waals surface area contributed by atoms with E-state index in [1.165, 1.54) is 0 Å². The van der Waals surface area contributed by atoms with Gasteiger partial charge in [0.15, 0.2) is 0 Å². The number of hydrogen-bond donors (Lipinski definition) is 1. The van der Waals surface area contributed by atoms with Gasteiger partial charge in [0.2, 0.25) is 5.95 Å². The van der Waals surface area contributed by atoms with Gasteiger partial charge in [-0.2, -0.15) is 0 Å². The molecular weight excluding hydrogens is 434 g/mol. The number of rotatable bonds is 3. The molecule has 0 fully saturated rings. The minimum absolute atomic E-state index is 0.217. The van der Waals surface area contributed by atoms with E-state index in [0.717, 1.165) is 14.5 Å². The molecule has 0 saturated heterocycles. The summed E-state index contributed by atoms with van der Waals surface area (Å²) >= 11 is 6.91. The van der Waals surface area contributed by atoms with Gasteiger partial charge in [-0.3, -0.25) is 0 Å². The monoisotopic (exact) mass is 445 g/mol. The van der Waals surface area contributed by atoms with Crippen LogP contribution in [-0.2, 0) is 0 Å².